The van der Waals surface area contributed by atoms with Gasteiger partial charge in [0.2, 0.25) is 0 Å². The smallest absolute Gasteiger partial charge is 0.433 e. The van der Waals surface area contributed by atoms with Gasteiger partial charge in [0.05, 0.1) is 0 Å². The summed E-state index contributed by atoms with van der Waals surface area (Å²) in [6.07, 6.45) is -1.72. The molecule has 9 heteroatoms. The highest BCUT2D eigenvalue weighted by atomic mass is 35.5. The molecule has 0 aliphatic carbocycles. The third-order valence-electron chi connectivity index (χ3n) is 3.07. The van der Waals surface area contributed by atoms with E-state index in [-0.39, 0.29) is 29.8 Å². The van der Waals surface area contributed by atoms with Crippen LogP contribution >= 0.6 is 12.4 Å². The Morgan fingerprint density at radius 1 is 0.960 bits per heavy atom. The lowest BCUT2D eigenvalue weighted by atomic mass is 10.2. The summed E-state index contributed by atoms with van der Waals surface area (Å²) in [6, 6.07) is 9.85. The second kappa shape index (κ2) is 7.35. The molecular weight excluding hydrogens is 357 g/mol. The highest BCUT2D eigenvalue weighted by Gasteiger charge is 2.33. The van der Waals surface area contributed by atoms with Crippen LogP contribution in [0.2, 0.25) is 0 Å². The Morgan fingerprint density at radius 3 is 2.32 bits per heavy atom. The summed E-state index contributed by atoms with van der Waals surface area (Å²) in [5, 5.41) is 12.2. The molecule has 0 spiro atoms. The topological polar surface area (TPSA) is 70.9 Å². The summed E-state index contributed by atoms with van der Waals surface area (Å²) in [6.45, 7) is 0. The molecule has 0 saturated heterocycles. The lowest BCUT2D eigenvalue weighted by Crippen LogP contribution is -2.11. The van der Waals surface area contributed by atoms with Crippen LogP contribution in [-0.2, 0) is 6.18 Å². The second-order valence-corrected chi connectivity index (χ2v) is 4.87. The number of nitrogens with zero attached hydrogens (tertiary/aromatic N) is 3. The van der Waals surface area contributed by atoms with Crippen LogP contribution in [0, 0.1) is 0 Å². The van der Waals surface area contributed by atoms with Gasteiger partial charge in [-0.15, -0.1) is 12.4 Å². The highest BCUT2D eigenvalue weighted by molar-refractivity contribution is 5.85. The standard InChI is InChI=1S/C16H11F3N4O.ClH/c17-16(18,19)13-9-14(21-11-2-1-3-12(24)8-11)23-15(22-13)10-4-6-20-7-5-10;/h1-9,24H,(H,21,22,23);1H. The number of nitrogens with one attached hydrogen (secondary N) is 1. The maximum atomic E-state index is 13.1. The van der Waals surface area contributed by atoms with E-state index in [9.17, 15) is 18.3 Å². The molecule has 0 aliphatic rings. The molecule has 2 aromatic heterocycles. The molecule has 0 atom stereocenters. The van der Waals surface area contributed by atoms with E-state index >= 15 is 0 Å². The molecule has 1 aromatic carbocycles. The van der Waals surface area contributed by atoms with Crippen molar-refractivity contribution in [3.8, 4) is 17.1 Å². The summed E-state index contributed by atoms with van der Waals surface area (Å²) in [4.78, 5) is 11.5. The first-order chi connectivity index (χ1) is 11.4. The number of pyridine rings is 1. The molecule has 0 radical (unpaired) electrons. The predicted octanol–water partition coefficient (Wildman–Crippen LogP) is 4.43. The molecular formula is C16H12ClF3N4O. The van der Waals surface area contributed by atoms with E-state index in [2.05, 4.69) is 20.3 Å². The molecule has 25 heavy (non-hydrogen) atoms. The maximum Gasteiger partial charge on any atom is 0.433 e. The van der Waals surface area contributed by atoms with Crippen LogP contribution in [0.1, 0.15) is 5.69 Å². The van der Waals surface area contributed by atoms with Crippen LogP contribution in [0.5, 0.6) is 5.75 Å². The Hall–Kier alpha value is -2.87. The van der Waals surface area contributed by atoms with Gasteiger partial charge in [0, 0.05) is 35.8 Å². The van der Waals surface area contributed by atoms with Crippen LogP contribution in [0.15, 0.2) is 54.9 Å². The molecule has 130 valence electrons. The van der Waals surface area contributed by atoms with Crippen molar-refractivity contribution in [2.45, 2.75) is 6.18 Å². The van der Waals surface area contributed by atoms with Crippen LogP contribution in [0.25, 0.3) is 11.4 Å². The van der Waals surface area contributed by atoms with Crippen molar-refractivity contribution in [2.75, 3.05) is 5.32 Å². The number of anilines is 2. The number of aromatic hydroxyl groups is 1. The molecule has 0 saturated carbocycles. The number of hydrogen-bond donors (Lipinski definition) is 2. The second-order valence-electron chi connectivity index (χ2n) is 4.87. The number of phenolic OH excluding ortho intramolecular Hbond substituents is 1. The van der Waals surface area contributed by atoms with Gasteiger partial charge < -0.3 is 10.4 Å². The Kier molecular flexibility index (Phi) is 5.43. The minimum atomic E-state index is -4.61. The molecule has 0 bridgehead atoms. The number of aromatic nitrogens is 3. The largest absolute Gasteiger partial charge is 0.508 e. The molecule has 5 nitrogen and oxygen atoms in total. The first-order valence-corrected chi connectivity index (χ1v) is 6.84. The molecule has 0 amide bonds. The monoisotopic (exact) mass is 368 g/mol. The van der Waals surface area contributed by atoms with Crippen LogP contribution < -0.4 is 5.32 Å². The third kappa shape index (κ3) is 4.57. The van der Waals surface area contributed by atoms with E-state index < -0.39 is 11.9 Å². The summed E-state index contributed by atoms with van der Waals surface area (Å²) in [5.41, 5.74) is -0.246. The van der Waals surface area contributed by atoms with Gasteiger partial charge in [-0.1, -0.05) is 6.07 Å². The third-order valence-corrected chi connectivity index (χ3v) is 3.07. The van der Waals surface area contributed by atoms with Gasteiger partial charge in [-0.2, -0.15) is 13.2 Å². The number of alkyl halides is 3. The fourth-order valence-corrected chi connectivity index (χ4v) is 2.02. The van der Waals surface area contributed by atoms with E-state index in [1.165, 1.54) is 36.7 Å². The number of rotatable bonds is 3. The summed E-state index contributed by atoms with van der Waals surface area (Å²) in [7, 11) is 0. The van der Waals surface area contributed by atoms with E-state index in [1.54, 1.807) is 12.1 Å². The quantitative estimate of drug-likeness (QED) is 0.715. The minimum absolute atomic E-state index is 0. The zero-order chi connectivity index (χ0) is 17.2. The fraction of sp³-hybridized carbons (Fsp3) is 0.0625. The zero-order valence-corrected chi connectivity index (χ0v) is 13.3. The normalized spacial score (nSPS) is 10.8. The number of halogens is 4. The van der Waals surface area contributed by atoms with Crippen molar-refractivity contribution in [1.29, 1.82) is 0 Å². The Balaban J connectivity index is 0.00000225. The van der Waals surface area contributed by atoms with Gasteiger partial charge in [-0.3, -0.25) is 4.98 Å². The molecule has 3 rings (SSSR count). The summed E-state index contributed by atoms with van der Waals surface area (Å²) in [5.74, 6) is -0.121. The first kappa shape index (κ1) is 18.5. The van der Waals surface area contributed by atoms with Crippen LogP contribution in [0.3, 0.4) is 0 Å². The molecule has 2 N–H and O–H groups in total. The molecule has 3 aromatic rings. The van der Waals surface area contributed by atoms with Gasteiger partial charge in [0.25, 0.3) is 0 Å². The Labute approximate surface area is 147 Å². The summed E-state index contributed by atoms with van der Waals surface area (Å²) < 4.78 is 39.3. The van der Waals surface area contributed by atoms with Gasteiger partial charge in [0.1, 0.15) is 11.6 Å². The average Bonchev–Trinajstić information content (AvgIpc) is 2.54. The summed E-state index contributed by atoms with van der Waals surface area (Å²) >= 11 is 0. The van der Waals surface area contributed by atoms with Crippen molar-refractivity contribution < 1.29 is 18.3 Å². The van der Waals surface area contributed by atoms with Gasteiger partial charge in [0.15, 0.2) is 11.5 Å². The van der Waals surface area contributed by atoms with Crippen molar-refractivity contribution in [1.82, 2.24) is 15.0 Å². The maximum absolute atomic E-state index is 13.1. The van der Waals surface area contributed by atoms with Crippen molar-refractivity contribution in [2.24, 2.45) is 0 Å². The molecule has 0 unspecified atom stereocenters. The van der Waals surface area contributed by atoms with Crippen LogP contribution in [0.4, 0.5) is 24.7 Å². The van der Waals surface area contributed by atoms with Gasteiger partial charge in [-0.25, -0.2) is 9.97 Å². The Bertz CT molecular complexity index is 859. The van der Waals surface area contributed by atoms with Crippen molar-refractivity contribution >= 4 is 23.9 Å². The lowest BCUT2D eigenvalue weighted by molar-refractivity contribution is -0.141. The van der Waals surface area contributed by atoms with E-state index in [0.29, 0.717) is 11.3 Å². The first-order valence-electron chi connectivity index (χ1n) is 6.84. The fourth-order valence-electron chi connectivity index (χ4n) is 2.02. The molecule has 2 heterocycles. The van der Waals surface area contributed by atoms with Crippen LogP contribution in [-0.4, -0.2) is 20.1 Å². The Morgan fingerprint density at radius 2 is 1.68 bits per heavy atom. The van der Waals surface area contributed by atoms with E-state index in [0.717, 1.165) is 6.07 Å². The predicted molar refractivity (Wildman–Crippen MR) is 88.9 cm³/mol. The lowest BCUT2D eigenvalue weighted by Gasteiger charge is -2.12. The average molecular weight is 369 g/mol. The zero-order valence-electron chi connectivity index (χ0n) is 12.5. The number of hydrogen-bond acceptors (Lipinski definition) is 5. The number of benzene rings is 1. The number of phenols is 1. The SMILES string of the molecule is Cl.Oc1cccc(Nc2cc(C(F)(F)F)nc(-c3ccncc3)n2)c1. The molecule has 0 fully saturated rings. The molecule has 0 aliphatic heterocycles. The van der Waals surface area contributed by atoms with E-state index in [4.69, 9.17) is 0 Å². The minimum Gasteiger partial charge on any atom is -0.508 e. The van der Waals surface area contributed by atoms with Crippen molar-refractivity contribution in [3.05, 3.63) is 60.6 Å². The van der Waals surface area contributed by atoms with Gasteiger partial charge in [-0.05, 0) is 24.3 Å². The van der Waals surface area contributed by atoms with Crippen molar-refractivity contribution in [3.63, 3.8) is 0 Å². The van der Waals surface area contributed by atoms with Gasteiger partial charge >= 0.3 is 6.18 Å². The highest BCUT2D eigenvalue weighted by Crippen LogP contribution is 2.31. The van der Waals surface area contributed by atoms with E-state index in [1.807, 2.05) is 0 Å².